The molecule has 0 bridgehead atoms. The number of hydrogen-bond donors (Lipinski definition) is 1. The molecule has 2 atom stereocenters. The number of amides is 2. The molecule has 1 N–H and O–H groups in total. The van der Waals surface area contributed by atoms with Crippen LogP contribution in [0.3, 0.4) is 0 Å². The van der Waals surface area contributed by atoms with E-state index in [2.05, 4.69) is 12.2 Å². The van der Waals surface area contributed by atoms with Crippen LogP contribution in [0.15, 0.2) is 41.8 Å². The normalized spacial score (nSPS) is 19.9. The van der Waals surface area contributed by atoms with Gasteiger partial charge in [0.15, 0.2) is 0 Å². The standard InChI is InChI=1S/C19H22N2O2S/c1-3-4-11-20-18(22)16-13-8-5-6-9-14(13)19(23)21(2)17(16)15-10-7-12-24-15/h5-10,12,16-17H,3-4,11H2,1-2H3,(H,20,22). The van der Waals surface area contributed by atoms with Crippen molar-refractivity contribution in [1.29, 1.82) is 0 Å². The first kappa shape index (κ1) is 16.7. The molecule has 0 saturated heterocycles. The van der Waals surface area contributed by atoms with Crippen molar-refractivity contribution < 1.29 is 9.59 Å². The molecule has 1 aromatic carbocycles. The van der Waals surface area contributed by atoms with E-state index in [-0.39, 0.29) is 23.8 Å². The number of nitrogens with zero attached hydrogens (tertiary/aromatic N) is 1. The van der Waals surface area contributed by atoms with Crippen LogP contribution in [0.25, 0.3) is 0 Å². The summed E-state index contributed by atoms with van der Waals surface area (Å²) >= 11 is 1.59. The highest BCUT2D eigenvalue weighted by molar-refractivity contribution is 7.10. The molecule has 126 valence electrons. The summed E-state index contributed by atoms with van der Waals surface area (Å²) in [4.78, 5) is 28.4. The quantitative estimate of drug-likeness (QED) is 0.845. The molecule has 4 nitrogen and oxygen atoms in total. The first-order chi connectivity index (χ1) is 11.6. The van der Waals surface area contributed by atoms with Gasteiger partial charge in [0, 0.05) is 24.0 Å². The van der Waals surface area contributed by atoms with Crippen molar-refractivity contribution >= 4 is 23.2 Å². The lowest BCUT2D eigenvalue weighted by atomic mass is 9.81. The minimum Gasteiger partial charge on any atom is -0.355 e. The second kappa shape index (κ2) is 7.18. The minimum absolute atomic E-state index is 0.00588. The van der Waals surface area contributed by atoms with Gasteiger partial charge in [-0.3, -0.25) is 9.59 Å². The molecule has 0 spiro atoms. The van der Waals surface area contributed by atoms with E-state index in [0.29, 0.717) is 12.1 Å². The van der Waals surface area contributed by atoms with E-state index < -0.39 is 0 Å². The number of carbonyl (C=O) groups is 2. The van der Waals surface area contributed by atoms with Gasteiger partial charge in [-0.25, -0.2) is 0 Å². The van der Waals surface area contributed by atoms with Gasteiger partial charge in [-0.05, 0) is 29.5 Å². The van der Waals surface area contributed by atoms with E-state index in [1.54, 1.807) is 23.3 Å². The molecule has 1 aromatic heterocycles. The lowest BCUT2D eigenvalue weighted by molar-refractivity contribution is -0.124. The average molecular weight is 342 g/mol. The van der Waals surface area contributed by atoms with Gasteiger partial charge >= 0.3 is 0 Å². The Morgan fingerprint density at radius 1 is 1.25 bits per heavy atom. The van der Waals surface area contributed by atoms with E-state index >= 15 is 0 Å². The fourth-order valence-electron chi connectivity index (χ4n) is 3.27. The van der Waals surface area contributed by atoms with Gasteiger partial charge in [-0.15, -0.1) is 11.3 Å². The summed E-state index contributed by atoms with van der Waals surface area (Å²) in [7, 11) is 1.79. The molecule has 0 radical (unpaired) electrons. The molecule has 0 fully saturated rings. The molecule has 2 aromatic rings. The van der Waals surface area contributed by atoms with Crippen molar-refractivity contribution in [2.45, 2.75) is 31.7 Å². The zero-order valence-electron chi connectivity index (χ0n) is 14.0. The minimum atomic E-state index is -0.376. The van der Waals surface area contributed by atoms with Crippen LogP contribution in [0, 0.1) is 0 Å². The Bertz CT molecular complexity index is 727. The molecular weight excluding hydrogens is 320 g/mol. The molecule has 2 amide bonds. The topological polar surface area (TPSA) is 49.4 Å². The SMILES string of the molecule is CCCCNC(=O)C1c2ccccc2C(=O)N(C)C1c1cccs1. The van der Waals surface area contributed by atoms with Crippen molar-refractivity contribution in [2.75, 3.05) is 13.6 Å². The Morgan fingerprint density at radius 2 is 2.04 bits per heavy atom. The van der Waals surface area contributed by atoms with Crippen molar-refractivity contribution in [2.24, 2.45) is 0 Å². The third-order valence-electron chi connectivity index (χ3n) is 4.53. The lowest BCUT2D eigenvalue weighted by Crippen LogP contribution is -2.45. The summed E-state index contributed by atoms with van der Waals surface area (Å²) in [5.74, 6) is -0.408. The second-order valence-electron chi connectivity index (χ2n) is 6.09. The molecule has 1 aliphatic heterocycles. The number of hydrogen-bond acceptors (Lipinski definition) is 3. The summed E-state index contributed by atoms with van der Waals surface area (Å²) in [6.07, 6.45) is 1.99. The van der Waals surface area contributed by atoms with E-state index in [4.69, 9.17) is 0 Å². The van der Waals surface area contributed by atoms with Crippen LogP contribution in [0.1, 0.15) is 52.5 Å². The molecule has 2 heterocycles. The highest BCUT2D eigenvalue weighted by Crippen LogP contribution is 2.43. The molecule has 1 aliphatic rings. The Kier molecular flexibility index (Phi) is 5.00. The maximum atomic E-state index is 12.9. The smallest absolute Gasteiger partial charge is 0.254 e. The van der Waals surface area contributed by atoms with Crippen molar-refractivity contribution in [3.63, 3.8) is 0 Å². The number of nitrogens with one attached hydrogen (secondary N) is 1. The Labute approximate surface area is 146 Å². The summed E-state index contributed by atoms with van der Waals surface area (Å²) in [5.41, 5.74) is 1.46. The fraction of sp³-hybridized carbons (Fsp3) is 0.368. The number of benzene rings is 1. The van der Waals surface area contributed by atoms with Gasteiger partial charge in [0.2, 0.25) is 5.91 Å². The maximum Gasteiger partial charge on any atom is 0.254 e. The summed E-state index contributed by atoms with van der Waals surface area (Å²) in [6.45, 7) is 2.77. The first-order valence-corrected chi connectivity index (χ1v) is 9.20. The average Bonchev–Trinajstić information content (AvgIpc) is 3.12. The molecule has 24 heavy (non-hydrogen) atoms. The second-order valence-corrected chi connectivity index (χ2v) is 7.07. The number of thiophene rings is 1. The van der Waals surface area contributed by atoms with Crippen LogP contribution < -0.4 is 5.32 Å². The predicted molar refractivity (Wildman–Crippen MR) is 96.3 cm³/mol. The molecule has 0 saturated carbocycles. The Hall–Kier alpha value is -2.14. The Morgan fingerprint density at radius 3 is 2.75 bits per heavy atom. The van der Waals surface area contributed by atoms with Crippen LogP contribution in [-0.2, 0) is 4.79 Å². The summed E-state index contributed by atoms with van der Waals surface area (Å²) < 4.78 is 0. The predicted octanol–water partition coefficient (Wildman–Crippen LogP) is 3.57. The van der Waals surface area contributed by atoms with Gasteiger partial charge in [0.05, 0.1) is 12.0 Å². The monoisotopic (exact) mass is 342 g/mol. The lowest BCUT2D eigenvalue weighted by Gasteiger charge is -2.39. The Balaban J connectivity index is 2.03. The van der Waals surface area contributed by atoms with Crippen molar-refractivity contribution in [1.82, 2.24) is 10.2 Å². The zero-order chi connectivity index (χ0) is 17.1. The number of carbonyl (C=O) groups excluding carboxylic acids is 2. The first-order valence-electron chi connectivity index (χ1n) is 8.32. The van der Waals surface area contributed by atoms with Gasteiger partial charge in [0.25, 0.3) is 5.91 Å². The fourth-order valence-corrected chi connectivity index (χ4v) is 4.18. The number of likely N-dealkylation sites (N-methyl/N-ethyl adjacent to an activating group) is 1. The van der Waals surface area contributed by atoms with Crippen LogP contribution in [0.2, 0.25) is 0 Å². The van der Waals surface area contributed by atoms with Crippen molar-refractivity contribution in [3.05, 3.63) is 57.8 Å². The summed E-state index contributed by atoms with van der Waals surface area (Å²) in [6, 6.07) is 11.2. The largest absolute Gasteiger partial charge is 0.355 e. The van der Waals surface area contributed by atoms with E-state index in [1.165, 1.54) is 0 Å². The zero-order valence-corrected chi connectivity index (χ0v) is 14.8. The highest BCUT2D eigenvalue weighted by Gasteiger charge is 2.42. The van der Waals surface area contributed by atoms with Crippen molar-refractivity contribution in [3.8, 4) is 0 Å². The molecule has 5 heteroatoms. The van der Waals surface area contributed by atoms with Gasteiger partial charge in [-0.2, -0.15) is 0 Å². The van der Waals surface area contributed by atoms with Crippen LogP contribution >= 0.6 is 11.3 Å². The van der Waals surface area contributed by atoms with Gasteiger partial charge in [-0.1, -0.05) is 37.6 Å². The third-order valence-corrected chi connectivity index (χ3v) is 5.47. The van der Waals surface area contributed by atoms with Gasteiger partial charge in [0.1, 0.15) is 0 Å². The number of rotatable bonds is 5. The number of fused-ring (bicyclic) bond motifs is 1. The molecule has 0 aliphatic carbocycles. The van der Waals surface area contributed by atoms with Crippen LogP contribution in [0.5, 0.6) is 0 Å². The van der Waals surface area contributed by atoms with Crippen LogP contribution in [0.4, 0.5) is 0 Å². The van der Waals surface area contributed by atoms with Gasteiger partial charge < -0.3 is 10.2 Å². The van der Waals surface area contributed by atoms with E-state index in [1.807, 2.05) is 41.8 Å². The molecule has 3 rings (SSSR count). The molecular formula is C19H22N2O2S. The van der Waals surface area contributed by atoms with Crippen LogP contribution in [-0.4, -0.2) is 30.3 Å². The highest BCUT2D eigenvalue weighted by atomic mass is 32.1. The molecule has 2 unspecified atom stereocenters. The number of unbranched alkanes of at least 4 members (excludes halogenated alkanes) is 1. The van der Waals surface area contributed by atoms with E-state index in [9.17, 15) is 9.59 Å². The third kappa shape index (κ3) is 2.96. The van der Waals surface area contributed by atoms with E-state index in [0.717, 1.165) is 23.3 Å². The maximum absolute atomic E-state index is 12.9. The summed E-state index contributed by atoms with van der Waals surface area (Å²) in [5, 5.41) is 5.04.